The van der Waals surface area contributed by atoms with E-state index in [2.05, 4.69) is 23.6 Å². The van der Waals surface area contributed by atoms with E-state index in [0.717, 1.165) is 25.4 Å². The minimum absolute atomic E-state index is 0.439. The van der Waals surface area contributed by atoms with Gasteiger partial charge in [0.15, 0.2) is 0 Å². The van der Waals surface area contributed by atoms with Gasteiger partial charge in [-0.25, -0.2) is 0 Å². The molecule has 1 aromatic rings. The summed E-state index contributed by atoms with van der Waals surface area (Å²) in [5.74, 6) is 0.934. The van der Waals surface area contributed by atoms with Gasteiger partial charge in [0.25, 0.3) is 0 Å². The fourth-order valence-electron chi connectivity index (χ4n) is 1.39. The zero-order valence-electron chi connectivity index (χ0n) is 9.94. The second-order valence-electron chi connectivity index (χ2n) is 3.75. The molecular weight excluding hydrogens is 252 g/mol. The van der Waals surface area contributed by atoms with Crippen molar-refractivity contribution >= 4 is 29.2 Å². The van der Waals surface area contributed by atoms with Crippen molar-refractivity contribution in [3.8, 4) is 5.75 Å². The van der Waals surface area contributed by atoms with Crippen molar-refractivity contribution in [3.63, 3.8) is 0 Å². The van der Waals surface area contributed by atoms with E-state index in [0.29, 0.717) is 10.9 Å². The van der Waals surface area contributed by atoms with Crippen LogP contribution in [0.4, 0.5) is 0 Å². The van der Waals surface area contributed by atoms with Gasteiger partial charge in [0.05, 0.1) is 13.1 Å². The summed E-state index contributed by atoms with van der Waals surface area (Å²) in [4.78, 5) is 0. The molecule has 0 spiro atoms. The molecule has 0 saturated carbocycles. The van der Waals surface area contributed by atoms with E-state index < -0.39 is 0 Å². The molecule has 0 aliphatic carbocycles. The lowest BCUT2D eigenvalue weighted by Gasteiger charge is -2.09. The van der Waals surface area contributed by atoms with Crippen molar-refractivity contribution in [1.82, 2.24) is 5.32 Å². The molecule has 1 rings (SSSR count). The number of hydrogen-bond donors (Lipinski definition) is 2. The molecule has 0 atom stereocenters. The molecule has 0 aliphatic rings. The number of nitrogens with one attached hydrogen (secondary N) is 1. The van der Waals surface area contributed by atoms with Crippen LogP contribution < -0.4 is 15.4 Å². The number of quaternary nitrogens is 1. The summed E-state index contributed by atoms with van der Waals surface area (Å²) in [6.07, 6.45) is 0. The van der Waals surface area contributed by atoms with Gasteiger partial charge in [0.2, 0.25) is 0 Å². The molecule has 0 fully saturated rings. The van der Waals surface area contributed by atoms with Gasteiger partial charge in [-0.15, -0.1) is 0 Å². The third kappa shape index (κ3) is 7.10. The van der Waals surface area contributed by atoms with Crippen LogP contribution in [0.3, 0.4) is 0 Å². The Morgan fingerprint density at radius 1 is 1.47 bits per heavy atom. The first-order chi connectivity index (χ1) is 8.18. The third-order valence-corrected chi connectivity index (χ3v) is 2.49. The summed E-state index contributed by atoms with van der Waals surface area (Å²) in [5.41, 5.74) is 1.22. The standard InChI is InChI=1S/C12H18N2OS2/c1-10-3-2-4-11(9-10)15-8-7-13-5-6-14-12(16)17/h2-4,9,13H,5-8H2,1H3,(H2,14,16,17). The smallest absolute Gasteiger partial charge is 0.137 e. The van der Waals surface area contributed by atoms with Crippen LogP contribution in [-0.4, -0.2) is 30.6 Å². The lowest BCUT2D eigenvalue weighted by atomic mass is 10.2. The predicted octanol–water partition coefficient (Wildman–Crippen LogP) is 0.359. The maximum atomic E-state index is 5.62. The average molecular weight is 270 g/mol. The number of hydrogen-bond acceptors (Lipinski definition) is 3. The molecular formula is C12H18N2OS2. The highest BCUT2D eigenvalue weighted by Gasteiger charge is 1.95. The Balaban J connectivity index is 2.03. The van der Waals surface area contributed by atoms with Gasteiger partial charge in [-0.05, 0) is 24.6 Å². The molecule has 1 aromatic carbocycles. The maximum Gasteiger partial charge on any atom is 0.137 e. The van der Waals surface area contributed by atoms with Crippen LogP contribution in [-0.2, 0) is 12.6 Å². The highest BCUT2D eigenvalue weighted by molar-refractivity contribution is 8.00. The minimum Gasteiger partial charge on any atom is -0.488 e. The first-order valence-corrected chi connectivity index (χ1v) is 6.46. The van der Waals surface area contributed by atoms with Crippen molar-refractivity contribution in [2.24, 2.45) is 0 Å². The van der Waals surface area contributed by atoms with Gasteiger partial charge in [0, 0.05) is 0 Å². The molecule has 0 bridgehead atoms. The zero-order chi connectivity index (χ0) is 12.5. The molecule has 17 heavy (non-hydrogen) atoms. The van der Waals surface area contributed by atoms with Gasteiger partial charge in [-0.1, -0.05) is 16.5 Å². The Bertz CT molecular complexity index is 358. The molecule has 3 N–H and O–H groups in total. The van der Waals surface area contributed by atoms with Gasteiger partial charge in [-0.2, -0.15) is 0 Å². The van der Waals surface area contributed by atoms with Crippen LogP contribution >= 0.6 is 12.2 Å². The molecule has 0 heterocycles. The number of aryl methyl sites for hydroxylation is 1. The Morgan fingerprint density at radius 3 is 3.00 bits per heavy atom. The maximum absolute atomic E-state index is 5.62. The zero-order valence-corrected chi connectivity index (χ0v) is 11.6. The van der Waals surface area contributed by atoms with Crippen LogP contribution in [0.2, 0.25) is 0 Å². The Morgan fingerprint density at radius 2 is 2.29 bits per heavy atom. The molecule has 0 radical (unpaired) electrons. The normalized spacial score (nSPS) is 9.94. The molecule has 0 amide bonds. The average Bonchev–Trinajstić information content (AvgIpc) is 2.27. The number of ether oxygens (including phenoxy) is 1. The lowest BCUT2D eigenvalue weighted by molar-refractivity contribution is -0.653. The number of thiocarbonyl (C=S) groups is 1. The fraction of sp³-hybridized carbons (Fsp3) is 0.417. The lowest BCUT2D eigenvalue weighted by Crippen LogP contribution is -2.86. The monoisotopic (exact) mass is 270 g/mol. The summed E-state index contributed by atoms with van der Waals surface area (Å²) in [6, 6.07) is 8.08. The highest BCUT2D eigenvalue weighted by atomic mass is 32.1. The van der Waals surface area contributed by atoms with Crippen molar-refractivity contribution in [2.45, 2.75) is 6.92 Å². The van der Waals surface area contributed by atoms with Crippen molar-refractivity contribution in [3.05, 3.63) is 29.8 Å². The molecule has 5 heteroatoms. The van der Waals surface area contributed by atoms with Crippen molar-refractivity contribution in [2.75, 3.05) is 26.2 Å². The molecule has 94 valence electrons. The topological polar surface area (TPSA) is 37.9 Å². The van der Waals surface area contributed by atoms with Crippen molar-refractivity contribution in [1.29, 1.82) is 0 Å². The Hall–Kier alpha value is -0.910. The van der Waals surface area contributed by atoms with E-state index in [1.54, 1.807) is 0 Å². The van der Waals surface area contributed by atoms with E-state index in [9.17, 15) is 0 Å². The third-order valence-electron chi connectivity index (χ3n) is 2.20. The number of nitrogens with two attached hydrogens (primary N) is 1. The Labute approximate surface area is 113 Å². The highest BCUT2D eigenvalue weighted by Crippen LogP contribution is 2.11. The quantitative estimate of drug-likeness (QED) is 0.426. The largest absolute Gasteiger partial charge is 0.488 e. The van der Waals surface area contributed by atoms with Crippen LogP contribution in [0, 0.1) is 6.92 Å². The molecule has 0 unspecified atom stereocenters. The number of rotatable bonds is 7. The van der Waals surface area contributed by atoms with E-state index in [4.69, 9.17) is 29.6 Å². The predicted molar refractivity (Wildman–Crippen MR) is 76.3 cm³/mol. The summed E-state index contributed by atoms with van der Waals surface area (Å²) < 4.78 is 6.06. The molecule has 0 aliphatic heterocycles. The van der Waals surface area contributed by atoms with E-state index in [1.807, 2.05) is 18.2 Å². The summed E-state index contributed by atoms with van der Waals surface area (Å²) >= 11 is 9.48. The van der Waals surface area contributed by atoms with Crippen molar-refractivity contribution < 1.29 is 10.1 Å². The first-order valence-electron chi connectivity index (χ1n) is 5.64. The minimum atomic E-state index is 0.439. The van der Waals surface area contributed by atoms with Gasteiger partial charge < -0.3 is 40.2 Å². The van der Waals surface area contributed by atoms with Gasteiger partial charge >= 0.3 is 0 Å². The van der Waals surface area contributed by atoms with Crippen LogP contribution in [0.25, 0.3) is 0 Å². The summed E-state index contributed by atoms with van der Waals surface area (Å²) in [6.45, 7) is 5.46. The van der Waals surface area contributed by atoms with Crippen LogP contribution in [0.1, 0.15) is 5.56 Å². The second-order valence-corrected chi connectivity index (χ2v) is 4.82. The number of benzene rings is 1. The van der Waals surface area contributed by atoms with Gasteiger partial charge in [-0.3, -0.25) is 0 Å². The van der Waals surface area contributed by atoms with E-state index >= 15 is 0 Å². The van der Waals surface area contributed by atoms with E-state index in [1.165, 1.54) is 5.56 Å². The molecule has 0 aromatic heterocycles. The van der Waals surface area contributed by atoms with Crippen LogP contribution in [0.15, 0.2) is 24.3 Å². The second kappa shape index (κ2) is 8.22. The van der Waals surface area contributed by atoms with Gasteiger partial charge in [0.1, 0.15) is 18.9 Å². The first kappa shape index (κ1) is 14.2. The van der Waals surface area contributed by atoms with E-state index in [-0.39, 0.29) is 0 Å². The Kier molecular flexibility index (Phi) is 6.84. The molecule has 3 nitrogen and oxygen atoms in total. The SMILES string of the molecule is Cc1cccc(OCC[NH2+]CCNC(=S)[S-])c1. The fourth-order valence-corrected chi connectivity index (χ4v) is 1.59. The molecule has 0 saturated heterocycles. The summed E-state index contributed by atoms with van der Waals surface area (Å²) in [7, 11) is 0. The van der Waals surface area contributed by atoms with Crippen LogP contribution in [0.5, 0.6) is 5.75 Å². The summed E-state index contributed by atoms with van der Waals surface area (Å²) in [5, 5.41) is 5.11.